The molecule has 0 bridgehead atoms. The van der Waals surface area contributed by atoms with E-state index in [-0.39, 0.29) is 11.3 Å². The maximum absolute atomic E-state index is 10.6. The van der Waals surface area contributed by atoms with Crippen LogP contribution in [0.2, 0.25) is 0 Å². The summed E-state index contributed by atoms with van der Waals surface area (Å²) in [4.78, 5) is 10.6. The summed E-state index contributed by atoms with van der Waals surface area (Å²) in [7, 11) is 0. The molecule has 0 unspecified atom stereocenters. The summed E-state index contributed by atoms with van der Waals surface area (Å²) in [6.07, 6.45) is 0. The Kier molecular flexibility index (Phi) is 6.14. The smallest absolute Gasteiger partial charge is 0.159 e. The summed E-state index contributed by atoms with van der Waals surface area (Å²) in [6.45, 7) is 1.56. The van der Waals surface area contributed by atoms with E-state index in [0.29, 0.717) is 0 Å². The van der Waals surface area contributed by atoms with Crippen LogP contribution in [0, 0.1) is 0 Å². The van der Waals surface area contributed by atoms with Gasteiger partial charge in [0.15, 0.2) is 5.78 Å². The summed E-state index contributed by atoms with van der Waals surface area (Å²) < 4.78 is 0. The Morgan fingerprint density at radius 2 is 1.00 bits per heavy atom. The SMILES string of the molecule is CC(=O)c1ccccc1.O.c1ccc2ccccc2c1. The molecule has 102 valence electrons. The molecule has 3 aromatic rings. The Morgan fingerprint density at radius 3 is 1.30 bits per heavy atom. The summed E-state index contributed by atoms with van der Waals surface area (Å²) in [5, 5.41) is 2.62. The molecule has 0 heterocycles. The first-order chi connectivity index (χ1) is 9.27. The van der Waals surface area contributed by atoms with Crippen LogP contribution < -0.4 is 0 Å². The van der Waals surface area contributed by atoms with E-state index in [2.05, 4.69) is 48.5 Å². The Morgan fingerprint density at radius 1 is 0.650 bits per heavy atom. The number of fused-ring (bicyclic) bond motifs is 1. The molecular weight excluding hydrogens is 248 g/mol. The molecule has 2 heteroatoms. The highest BCUT2D eigenvalue weighted by Gasteiger charge is 1.92. The molecule has 0 atom stereocenters. The molecule has 0 aliphatic rings. The zero-order valence-electron chi connectivity index (χ0n) is 11.4. The van der Waals surface area contributed by atoms with E-state index in [4.69, 9.17) is 0 Å². The monoisotopic (exact) mass is 266 g/mol. The predicted octanol–water partition coefficient (Wildman–Crippen LogP) is 3.90. The van der Waals surface area contributed by atoms with Crippen molar-refractivity contribution in [2.45, 2.75) is 6.92 Å². The number of benzene rings is 3. The Balaban J connectivity index is 0.000000192. The van der Waals surface area contributed by atoms with Crippen LogP contribution in [-0.2, 0) is 0 Å². The van der Waals surface area contributed by atoms with E-state index >= 15 is 0 Å². The predicted molar refractivity (Wildman–Crippen MR) is 84.0 cm³/mol. The fraction of sp³-hybridized carbons (Fsp3) is 0.0556. The summed E-state index contributed by atoms with van der Waals surface area (Å²) in [5.74, 6) is 0.121. The number of ketones is 1. The molecule has 0 aromatic heterocycles. The van der Waals surface area contributed by atoms with Crippen molar-refractivity contribution in [2.24, 2.45) is 0 Å². The maximum atomic E-state index is 10.6. The molecule has 0 saturated carbocycles. The molecule has 20 heavy (non-hydrogen) atoms. The highest BCUT2D eigenvalue weighted by molar-refractivity contribution is 5.93. The first kappa shape index (κ1) is 15.6. The van der Waals surface area contributed by atoms with Gasteiger partial charge in [0, 0.05) is 5.56 Å². The normalized spacial score (nSPS) is 9.05. The van der Waals surface area contributed by atoms with Gasteiger partial charge in [0.2, 0.25) is 0 Å². The second-order valence-corrected chi connectivity index (χ2v) is 4.27. The average molecular weight is 266 g/mol. The van der Waals surface area contributed by atoms with Crippen LogP contribution in [0.15, 0.2) is 78.9 Å². The number of hydrogen-bond acceptors (Lipinski definition) is 1. The lowest BCUT2D eigenvalue weighted by Crippen LogP contribution is -1.88. The number of rotatable bonds is 1. The van der Waals surface area contributed by atoms with Gasteiger partial charge in [0.25, 0.3) is 0 Å². The molecule has 2 N–H and O–H groups in total. The van der Waals surface area contributed by atoms with Crippen molar-refractivity contribution >= 4 is 16.6 Å². The molecule has 0 amide bonds. The largest absolute Gasteiger partial charge is 0.412 e. The molecule has 0 fully saturated rings. The quantitative estimate of drug-likeness (QED) is 0.616. The van der Waals surface area contributed by atoms with Crippen molar-refractivity contribution in [1.82, 2.24) is 0 Å². The summed E-state index contributed by atoms with van der Waals surface area (Å²) >= 11 is 0. The maximum Gasteiger partial charge on any atom is 0.159 e. The van der Waals surface area contributed by atoms with Gasteiger partial charge in [-0.3, -0.25) is 4.79 Å². The van der Waals surface area contributed by atoms with Crippen molar-refractivity contribution in [2.75, 3.05) is 0 Å². The molecule has 0 spiro atoms. The lowest BCUT2D eigenvalue weighted by molar-refractivity contribution is 0.101. The highest BCUT2D eigenvalue weighted by Crippen LogP contribution is 2.11. The molecule has 3 rings (SSSR count). The second-order valence-electron chi connectivity index (χ2n) is 4.27. The Bertz CT molecular complexity index is 595. The number of Topliss-reactive ketones (excluding diaryl/α,β-unsaturated/α-hetero) is 1. The van der Waals surface area contributed by atoms with Gasteiger partial charge in [-0.15, -0.1) is 0 Å². The van der Waals surface area contributed by atoms with Gasteiger partial charge in [-0.05, 0) is 17.7 Å². The highest BCUT2D eigenvalue weighted by atomic mass is 16.1. The van der Waals surface area contributed by atoms with Crippen molar-refractivity contribution in [3.8, 4) is 0 Å². The van der Waals surface area contributed by atoms with E-state index in [1.54, 1.807) is 6.92 Å². The Labute approximate surface area is 119 Å². The van der Waals surface area contributed by atoms with E-state index in [9.17, 15) is 4.79 Å². The van der Waals surface area contributed by atoms with Gasteiger partial charge in [-0.1, -0.05) is 78.9 Å². The van der Waals surface area contributed by atoms with Gasteiger partial charge in [-0.25, -0.2) is 0 Å². The van der Waals surface area contributed by atoms with E-state index in [1.807, 2.05) is 30.3 Å². The second kappa shape index (κ2) is 7.87. The van der Waals surface area contributed by atoms with Gasteiger partial charge in [0.05, 0.1) is 0 Å². The van der Waals surface area contributed by atoms with Gasteiger partial charge >= 0.3 is 0 Å². The number of carbonyl (C=O) groups excluding carboxylic acids is 1. The molecule has 3 aromatic carbocycles. The van der Waals surface area contributed by atoms with Crippen LogP contribution in [0.1, 0.15) is 17.3 Å². The number of carbonyl (C=O) groups is 1. The summed E-state index contributed by atoms with van der Waals surface area (Å²) in [6, 6.07) is 25.9. The molecule has 0 aliphatic heterocycles. The van der Waals surface area contributed by atoms with Crippen LogP contribution in [0.4, 0.5) is 0 Å². The topological polar surface area (TPSA) is 48.6 Å². The fourth-order valence-electron chi connectivity index (χ4n) is 1.81. The van der Waals surface area contributed by atoms with Crippen molar-refractivity contribution in [1.29, 1.82) is 0 Å². The molecule has 0 saturated heterocycles. The molecular formula is C18H18O2. The van der Waals surface area contributed by atoms with Gasteiger partial charge < -0.3 is 5.48 Å². The minimum atomic E-state index is 0. The third kappa shape index (κ3) is 4.34. The van der Waals surface area contributed by atoms with Crippen molar-refractivity contribution in [3.63, 3.8) is 0 Å². The first-order valence-corrected chi connectivity index (χ1v) is 6.27. The minimum absolute atomic E-state index is 0. The zero-order valence-corrected chi connectivity index (χ0v) is 11.4. The van der Waals surface area contributed by atoms with Crippen molar-refractivity contribution in [3.05, 3.63) is 84.4 Å². The molecule has 0 aliphatic carbocycles. The van der Waals surface area contributed by atoms with Gasteiger partial charge in [0.1, 0.15) is 0 Å². The number of hydrogen-bond donors (Lipinski definition) is 0. The molecule has 2 nitrogen and oxygen atoms in total. The lowest BCUT2D eigenvalue weighted by Gasteiger charge is -1.92. The third-order valence-electron chi connectivity index (χ3n) is 2.84. The average Bonchev–Trinajstić information content (AvgIpc) is 2.49. The Hall–Kier alpha value is -2.45. The van der Waals surface area contributed by atoms with E-state index in [1.165, 1.54) is 10.8 Å². The molecule has 0 radical (unpaired) electrons. The standard InChI is InChI=1S/C10H8.C8H8O.H2O/c1-2-6-10-8-4-3-7-9(10)5-1;1-7(9)8-5-3-2-4-6-8;/h1-8H;2-6H,1H3;1H2. The zero-order chi connectivity index (χ0) is 13.5. The van der Waals surface area contributed by atoms with Crippen LogP contribution in [-0.4, -0.2) is 11.3 Å². The van der Waals surface area contributed by atoms with Crippen LogP contribution in [0.3, 0.4) is 0 Å². The summed E-state index contributed by atoms with van der Waals surface area (Å²) in [5.41, 5.74) is 0.775. The van der Waals surface area contributed by atoms with E-state index in [0.717, 1.165) is 5.56 Å². The van der Waals surface area contributed by atoms with Crippen LogP contribution >= 0.6 is 0 Å². The first-order valence-electron chi connectivity index (χ1n) is 6.27. The van der Waals surface area contributed by atoms with E-state index < -0.39 is 0 Å². The van der Waals surface area contributed by atoms with Crippen molar-refractivity contribution < 1.29 is 10.3 Å². The minimum Gasteiger partial charge on any atom is -0.412 e. The lowest BCUT2D eigenvalue weighted by atomic mass is 10.1. The fourth-order valence-corrected chi connectivity index (χ4v) is 1.81. The van der Waals surface area contributed by atoms with Gasteiger partial charge in [-0.2, -0.15) is 0 Å². The van der Waals surface area contributed by atoms with Crippen LogP contribution in [0.25, 0.3) is 10.8 Å². The third-order valence-corrected chi connectivity index (χ3v) is 2.84. The van der Waals surface area contributed by atoms with Crippen LogP contribution in [0.5, 0.6) is 0 Å².